The molecule has 0 aliphatic rings. The molecule has 1 N–H and O–H groups in total. The van der Waals surface area contributed by atoms with Gasteiger partial charge in [-0.25, -0.2) is 0 Å². The maximum atomic E-state index is 4.30. The van der Waals surface area contributed by atoms with Crippen molar-refractivity contribution in [3.8, 4) is 11.1 Å². The van der Waals surface area contributed by atoms with Crippen molar-refractivity contribution in [1.29, 1.82) is 0 Å². The Balaban J connectivity index is 1.62. The van der Waals surface area contributed by atoms with E-state index in [0.29, 0.717) is 6.04 Å². The lowest BCUT2D eigenvalue weighted by Gasteiger charge is -2.14. The third-order valence-electron chi connectivity index (χ3n) is 4.03. The number of benzene rings is 1. The van der Waals surface area contributed by atoms with Crippen LogP contribution >= 0.6 is 0 Å². The van der Waals surface area contributed by atoms with Crippen molar-refractivity contribution >= 4 is 0 Å². The molecule has 0 saturated carbocycles. The topological polar surface area (TPSA) is 42.7 Å². The van der Waals surface area contributed by atoms with Gasteiger partial charge in [0.15, 0.2) is 0 Å². The van der Waals surface area contributed by atoms with Crippen molar-refractivity contribution in [2.24, 2.45) is 0 Å². The zero-order valence-electron chi connectivity index (χ0n) is 13.6. The van der Waals surface area contributed by atoms with Gasteiger partial charge in [-0.1, -0.05) is 30.3 Å². The van der Waals surface area contributed by atoms with Crippen molar-refractivity contribution in [3.63, 3.8) is 0 Å². The van der Waals surface area contributed by atoms with Crippen LogP contribution in [0.2, 0.25) is 0 Å². The Labute approximate surface area is 137 Å². The molecule has 118 valence electrons. The van der Waals surface area contributed by atoms with Gasteiger partial charge in [0.05, 0.1) is 6.20 Å². The molecule has 1 atom stereocenters. The molecule has 0 saturated heterocycles. The molecule has 1 aromatic carbocycles. The van der Waals surface area contributed by atoms with E-state index in [1.165, 1.54) is 16.7 Å². The third kappa shape index (κ3) is 3.85. The molecule has 0 aliphatic heterocycles. The summed E-state index contributed by atoms with van der Waals surface area (Å²) in [7, 11) is 0. The minimum Gasteiger partial charge on any atom is -0.306 e. The molecule has 0 radical (unpaired) electrons. The number of rotatable bonds is 6. The highest BCUT2D eigenvalue weighted by Crippen LogP contribution is 2.21. The Bertz CT molecular complexity index is 732. The van der Waals surface area contributed by atoms with Crippen LogP contribution in [0.5, 0.6) is 0 Å². The van der Waals surface area contributed by atoms with Gasteiger partial charge in [-0.15, -0.1) is 0 Å². The van der Waals surface area contributed by atoms with E-state index in [0.717, 1.165) is 18.7 Å². The first kappa shape index (κ1) is 15.4. The van der Waals surface area contributed by atoms with Crippen molar-refractivity contribution < 1.29 is 0 Å². The van der Waals surface area contributed by atoms with Crippen LogP contribution in [0.15, 0.2) is 61.2 Å². The molecular weight excluding hydrogens is 284 g/mol. The van der Waals surface area contributed by atoms with Crippen LogP contribution < -0.4 is 5.32 Å². The minimum atomic E-state index is 0.294. The average Bonchev–Trinajstić information content (AvgIpc) is 3.09. The van der Waals surface area contributed by atoms with Gasteiger partial charge in [0.25, 0.3) is 0 Å². The summed E-state index contributed by atoms with van der Waals surface area (Å²) < 4.78 is 1.95. The lowest BCUT2D eigenvalue weighted by Crippen LogP contribution is -2.17. The second kappa shape index (κ2) is 7.20. The monoisotopic (exact) mass is 306 g/mol. The molecule has 23 heavy (non-hydrogen) atoms. The van der Waals surface area contributed by atoms with Crippen molar-refractivity contribution in [2.45, 2.75) is 33.0 Å². The predicted octanol–water partition coefficient (Wildman–Crippen LogP) is 3.82. The summed E-state index contributed by atoms with van der Waals surface area (Å²) in [6.45, 7) is 6.01. The quantitative estimate of drug-likeness (QED) is 0.753. The fourth-order valence-corrected chi connectivity index (χ4v) is 2.56. The van der Waals surface area contributed by atoms with Gasteiger partial charge in [-0.05, 0) is 36.6 Å². The molecule has 3 rings (SSSR count). The smallest absolute Gasteiger partial charge is 0.0534 e. The van der Waals surface area contributed by atoms with Gasteiger partial charge in [-0.2, -0.15) is 5.10 Å². The van der Waals surface area contributed by atoms with E-state index < -0.39 is 0 Å². The Morgan fingerprint density at radius 1 is 1.09 bits per heavy atom. The molecule has 2 heterocycles. The highest BCUT2D eigenvalue weighted by molar-refractivity contribution is 5.62. The van der Waals surface area contributed by atoms with Gasteiger partial charge in [0.1, 0.15) is 0 Å². The fourth-order valence-electron chi connectivity index (χ4n) is 2.56. The second-order valence-corrected chi connectivity index (χ2v) is 5.67. The second-order valence-electron chi connectivity index (χ2n) is 5.67. The van der Waals surface area contributed by atoms with Crippen molar-refractivity contribution in [2.75, 3.05) is 0 Å². The van der Waals surface area contributed by atoms with Crippen molar-refractivity contribution in [3.05, 3.63) is 72.3 Å². The van der Waals surface area contributed by atoms with Crippen LogP contribution in [-0.4, -0.2) is 14.8 Å². The number of aromatic nitrogens is 3. The Morgan fingerprint density at radius 3 is 2.57 bits per heavy atom. The summed E-state index contributed by atoms with van der Waals surface area (Å²) >= 11 is 0. The summed E-state index contributed by atoms with van der Waals surface area (Å²) in [5.41, 5.74) is 4.83. The zero-order valence-corrected chi connectivity index (χ0v) is 13.6. The van der Waals surface area contributed by atoms with Crippen LogP contribution in [0, 0.1) is 0 Å². The molecule has 0 spiro atoms. The predicted molar refractivity (Wildman–Crippen MR) is 92.8 cm³/mol. The molecular formula is C19H22N4. The lowest BCUT2D eigenvalue weighted by atomic mass is 10.0. The highest BCUT2D eigenvalue weighted by Gasteiger charge is 2.06. The number of aryl methyl sites for hydroxylation is 1. The normalized spacial score (nSPS) is 12.3. The summed E-state index contributed by atoms with van der Waals surface area (Å²) in [5.74, 6) is 0. The van der Waals surface area contributed by atoms with Gasteiger partial charge in [-0.3, -0.25) is 9.67 Å². The van der Waals surface area contributed by atoms with Crippen LogP contribution in [0.3, 0.4) is 0 Å². The van der Waals surface area contributed by atoms with Gasteiger partial charge >= 0.3 is 0 Å². The molecule has 0 amide bonds. The summed E-state index contributed by atoms with van der Waals surface area (Å²) in [6, 6.07) is 13.0. The summed E-state index contributed by atoms with van der Waals surface area (Å²) in [6.07, 6.45) is 7.70. The maximum Gasteiger partial charge on any atom is 0.0534 e. The first-order valence-electron chi connectivity index (χ1n) is 8.01. The van der Waals surface area contributed by atoms with Gasteiger partial charge in [0.2, 0.25) is 0 Å². The largest absolute Gasteiger partial charge is 0.306 e. The van der Waals surface area contributed by atoms with E-state index in [9.17, 15) is 0 Å². The molecule has 4 heteroatoms. The van der Waals surface area contributed by atoms with Crippen molar-refractivity contribution in [1.82, 2.24) is 20.1 Å². The minimum absolute atomic E-state index is 0.294. The Kier molecular flexibility index (Phi) is 4.83. The number of hydrogen-bond donors (Lipinski definition) is 1. The van der Waals surface area contributed by atoms with Crippen LogP contribution in [0.4, 0.5) is 0 Å². The van der Waals surface area contributed by atoms with E-state index in [2.05, 4.69) is 65.8 Å². The zero-order chi connectivity index (χ0) is 16.1. The SMILES string of the molecule is CCn1cc(CNC(C)c2ccc(-c3cccnc3)cc2)cn1. The molecule has 0 bridgehead atoms. The van der Waals surface area contributed by atoms with Gasteiger partial charge in [0, 0.05) is 43.3 Å². The molecule has 1 unspecified atom stereocenters. The van der Waals surface area contributed by atoms with E-state index in [1.54, 1.807) is 6.20 Å². The fraction of sp³-hybridized carbons (Fsp3) is 0.263. The summed E-state index contributed by atoms with van der Waals surface area (Å²) in [5, 5.41) is 7.85. The molecule has 0 fully saturated rings. The number of pyridine rings is 1. The van der Waals surface area contributed by atoms with Crippen LogP contribution in [0.1, 0.15) is 31.0 Å². The first-order chi connectivity index (χ1) is 11.3. The number of nitrogens with one attached hydrogen (secondary N) is 1. The standard InChI is InChI=1S/C19H22N4/c1-3-23-14-16(12-22-23)11-21-15(2)17-6-8-18(9-7-17)19-5-4-10-20-13-19/h4-10,12-15,21H,3,11H2,1-2H3. The van der Waals surface area contributed by atoms with E-state index in [-0.39, 0.29) is 0 Å². The van der Waals surface area contributed by atoms with E-state index in [4.69, 9.17) is 0 Å². The number of nitrogens with zero attached hydrogens (tertiary/aromatic N) is 3. The van der Waals surface area contributed by atoms with E-state index >= 15 is 0 Å². The Morgan fingerprint density at radius 2 is 1.91 bits per heavy atom. The maximum absolute atomic E-state index is 4.30. The first-order valence-corrected chi connectivity index (χ1v) is 8.01. The van der Waals surface area contributed by atoms with Crippen LogP contribution in [0.25, 0.3) is 11.1 Å². The number of hydrogen-bond acceptors (Lipinski definition) is 3. The molecule has 0 aliphatic carbocycles. The van der Waals surface area contributed by atoms with Gasteiger partial charge < -0.3 is 5.32 Å². The highest BCUT2D eigenvalue weighted by atomic mass is 15.3. The Hall–Kier alpha value is -2.46. The molecule has 2 aromatic heterocycles. The molecule has 4 nitrogen and oxygen atoms in total. The van der Waals surface area contributed by atoms with Crippen LogP contribution in [-0.2, 0) is 13.1 Å². The van der Waals surface area contributed by atoms with E-state index in [1.807, 2.05) is 23.1 Å². The summed E-state index contributed by atoms with van der Waals surface area (Å²) in [4.78, 5) is 4.17. The third-order valence-corrected chi connectivity index (χ3v) is 4.03. The lowest BCUT2D eigenvalue weighted by molar-refractivity contribution is 0.574. The average molecular weight is 306 g/mol. The molecule has 3 aromatic rings.